The van der Waals surface area contributed by atoms with Crippen molar-refractivity contribution in [1.29, 1.82) is 0 Å². The highest BCUT2D eigenvalue weighted by Crippen LogP contribution is 2.24. The maximum atomic E-state index is 14.1. The van der Waals surface area contributed by atoms with Crippen molar-refractivity contribution in [3.8, 4) is 5.75 Å². The Morgan fingerprint density at radius 1 is 0.781 bits per heavy atom. The van der Waals surface area contributed by atoms with Gasteiger partial charge in [-0.1, -0.05) is 46.2 Å². The van der Waals surface area contributed by atoms with Crippen molar-refractivity contribution >= 4 is 58.7 Å². The molecule has 20 heteroatoms. The number of likely N-dealkylation sites (N-methyl/N-ethyl adjacent to an activating group) is 1. The summed E-state index contributed by atoms with van der Waals surface area (Å²) in [4.78, 5) is 133. The topological polar surface area (TPSA) is 341 Å². The van der Waals surface area contributed by atoms with Crippen molar-refractivity contribution in [1.82, 2.24) is 26.2 Å². The highest BCUT2D eigenvalue weighted by molar-refractivity contribution is 5.99. The lowest BCUT2D eigenvalue weighted by molar-refractivity contribution is -0.145. The molecule has 0 radical (unpaired) electrons. The molecule has 0 aromatic heterocycles. The fourth-order valence-corrected chi connectivity index (χ4v) is 7.71. The lowest BCUT2D eigenvalue weighted by atomic mass is 9.83. The van der Waals surface area contributed by atoms with Gasteiger partial charge in [0.05, 0.1) is 30.7 Å². The van der Waals surface area contributed by atoms with Crippen LogP contribution in [0.5, 0.6) is 5.75 Å². The molecule has 7 amide bonds. The molecule has 1 heterocycles. The monoisotopic (exact) mass is 900 g/mol. The number of primary amides is 3. The van der Waals surface area contributed by atoms with Crippen LogP contribution in [0, 0.1) is 29.6 Å². The largest absolute Gasteiger partial charge is 0.508 e. The minimum Gasteiger partial charge on any atom is -0.508 e. The smallest absolute Gasteiger partial charge is 0.248 e. The van der Waals surface area contributed by atoms with E-state index in [9.17, 15) is 58.2 Å². The van der Waals surface area contributed by atoms with E-state index in [1.807, 2.05) is 6.92 Å². The lowest BCUT2D eigenvalue weighted by Crippen LogP contribution is -2.58. The summed E-state index contributed by atoms with van der Waals surface area (Å²) >= 11 is 0. The van der Waals surface area contributed by atoms with Crippen molar-refractivity contribution in [2.45, 2.75) is 129 Å². The Morgan fingerprint density at radius 2 is 1.39 bits per heavy atom. The van der Waals surface area contributed by atoms with Gasteiger partial charge in [-0.3, -0.25) is 47.9 Å². The van der Waals surface area contributed by atoms with Gasteiger partial charge in [0.2, 0.25) is 41.4 Å². The Labute approximate surface area is 373 Å². The summed E-state index contributed by atoms with van der Waals surface area (Å²) in [6, 6.07) is 0.688. The third-order valence-corrected chi connectivity index (χ3v) is 11.6. The summed E-state index contributed by atoms with van der Waals surface area (Å²) in [7, 11) is 1.57. The van der Waals surface area contributed by atoms with Gasteiger partial charge in [0.25, 0.3) is 0 Å². The van der Waals surface area contributed by atoms with Crippen molar-refractivity contribution in [3.63, 3.8) is 0 Å². The number of carbonyl (C=O) groups excluding carboxylic acids is 10. The van der Waals surface area contributed by atoms with E-state index in [0.717, 1.165) is 4.90 Å². The lowest BCUT2D eigenvalue weighted by Gasteiger charge is -2.31. The molecule has 20 nitrogen and oxygen atoms in total. The molecule has 64 heavy (non-hydrogen) atoms. The van der Waals surface area contributed by atoms with Crippen molar-refractivity contribution in [2.75, 3.05) is 20.1 Å². The van der Waals surface area contributed by atoms with Crippen molar-refractivity contribution in [3.05, 3.63) is 29.8 Å². The molecule has 0 bridgehead atoms. The minimum absolute atomic E-state index is 0.00151. The molecular formula is C44H68N8O12. The number of hydrogen-bond donors (Lipinski definition) is 9. The highest BCUT2D eigenvalue weighted by Gasteiger charge is 2.42. The molecule has 1 aliphatic heterocycles. The number of nitrogens with zero attached hydrogens (tertiary/aromatic N) is 1. The molecule has 2 rings (SSSR count). The average molecular weight is 901 g/mol. The number of phenols is 1. The number of aliphatic hydroxyl groups is 1. The van der Waals surface area contributed by atoms with E-state index in [0.29, 0.717) is 18.4 Å². The summed E-state index contributed by atoms with van der Waals surface area (Å²) in [5.74, 6) is -11.1. The van der Waals surface area contributed by atoms with Crippen LogP contribution in [0.4, 0.5) is 0 Å². The Morgan fingerprint density at radius 3 is 1.92 bits per heavy atom. The predicted octanol–water partition coefficient (Wildman–Crippen LogP) is -0.965. The number of ketones is 3. The standard InChI is InChI=1S/C44H68N8O12/c1-7-24(4)31(40(47)60)21-35(57)38(23(2)3)50-42(62)28(20-37(46)59)19-34(56)32(14-15-36(45)58)49-43(63)33-9-8-16-52(33)44(64)39(25(5)53)51-41(61)27(18-30(55)22-48-6)17-26-10-12-29(54)13-11-26/h10-13,23-25,27-28,31-33,38-39,48,53-54H,7-9,14-22H2,1-6H3,(H2,45,58)(H2,46,59)(H2,47,60)(H,49,63)(H,50,62)(H,51,61)/t24?,25?,27-,28+,31+,32+,33+,38+,39+/m1/s1. The maximum Gasteiger partial charge on any atom is 0.248 e. The van der Waals surface area contributed by atoms with E-state index >= 15 is 0 Å². The molecule has 1 aromatic rings. The molecular weight excluding hydrogens is 833 g/mol. The van der Waals surface area contributed by atoms with E-state index in [1.54, 1.807) is 40.0 Å². The molecule has 0 spiro atoms. The first kappa shape index (κ1) is 54.4. The van der Waals surface area contributed by atoms with Gasteiger partial charge >= 0.3 is 0 Å². The van der Waals surface area contributed by atoms with Crippen LogP contribution < -0.4 is 38.5 Å². The zero-order valence-electron chi connectivity index (χ0n) is 37.7. The number of aliphatic hydroxyl groups excluding tert-OH is 1. The van der Waals surface area contributed by atoms with E-state index in [2.05, 4.69) is 21.3 Å². The number of nitrogens with two attached hydrogens (primary N) is 3. The zero-order valence-corrected chi connectivity index (χ0v) is 37.7. The number of phenolic OH excluding ortho intramolecular Hbond substituents is 1. The first-order valence-electron chi connectivity index (χ1n) is 21.8. The maximum absolute atomic E-state index is 14.1. The number of benzene rings is 1. The minimum atomic E-state index is -1.55. The van der Waals surface area contributed by atoms with E-state index in [4.69, 9.17) is 17.2 Å². The third-order valence-electron chi connectivity index (χ3n) is 11.6. The second kappa shape index (κ2) is 26.1. The van der Waals surface area contributed by atoms with Gasteiger partial charge in [-0.2, -0.15) is 0 Å². The van der Waals surface area contributed by atoms with Crippen LogP contribution in [0.25, 0.3) is 0 Å². The highest BCUT2D eigenvalue weighted by atomic mass is 16.3. The number of Topliss-reactive ketones (excluding diaryl/α,β-unsaturated/α-hetero) is 3. The molecule has 1 aromatic carbocycles. The second-order valence-corrected chi connectivity index (χ2v) is 17.2. The van der Waals surface area contributed by atoms with Gasteiger partial charge in [-0.25, -0.2) is 0 Å². The predicted molar refractivity (Wildman–Crippen MR) is 233 cm³/mol. The Hall–Kier alpha value is -5.76. The van der Waals surface area contributed by atoms with E-state index < -0.39 is 120 Å². The average Bonchev–Trinajstić information content (AvgIpc) is 3.72. The first-order chi connectivity index (χ1) is 30.0. The Kier molecular flexibility index (Phi) is 22.2. The molecule has 1 saturated heterocycles. The summed E-state index contributed by atoms with van der Waals surface area (Å²) in [5, 5.41) is 30.9. The summed E-state index contributed by atoms with van der Waals surface area (Å²) in [6.07, 6.45) is -2.85. The molecule has 1 aliphatic rings. The normalized spacial score (nSPS) is 17.4. The van der Waals surface area contributed by atoms with Crippen LogP contribution in [0.1, 0.15) is 98.0 Å². The van der Waals surface area contributed by atoms with Crippen LogP contribution in [0.15, 0.2) is 24.3 Å². The van der Waals surface area contributed by atoms with E-state index in [1.165, 1.54) is 19.1 Å². The van der Waals surface area contributed by atoms with Gasteiger partial charge < -0.3 is 53.6 Å². The summed E-state index contributed by atoms with van der Waals surface area (Å²) in [6.45, 7) is 8.22. The van der Waals surface area contributed by atoms with E-state index in [-0.39, 0.29) is 69.1 Å². The SMILES string of the molecule is CCC(C)[C@H](CC(=O)[C@@H](NC(=O)[C@H](CC(N)=O)CC(=O)[C@H](CCC(N)=O)NC(=O)[C@@H]1CCCN1C(=O)[C@@H](NC(=O)[C@@H](CC(=O)CNC)Cc1ccc(O)cc1)C(C)O)C(C)C)C(N)=O. The molecule has 9 atom stereocenters. The van der Waals surface area contributed by atoms with Crippen LogP contribution in [0.3, 0.4) is 0 Å². The molecule has 0 aliphatic carbocycles. The fraction of sp³-hybridized carbons (Fsp3) is 0.636. The molecule has 356 valence electrons. The Bertz CT molecular complexity index is 1840. The molecule has 0 saturated carbocycles. The van der Waals surface area contributed by atoms with Crippen LogP contribution >= 0.6 is 0 Å². The van der Waals surface area contributed by atoms with Gasteiger partial charge in [0.1, 0.15) is 23.6 Å². The molecule has 2 unspecified atom stereocenters. The number of carbonyl (C=O) groups is 10. The third kappa shape index (κ3) is 17.1. The van der Waals surface area contributed by atoms with Gasteiger partial charge in [0, 0.05) is 50.5 Å². The zero-order chi connectivity index (χ0) is 48.4. The number of amides is 7. The number of likely N-dealkylation sites (tertiary alicyclic amines) is 1. The van der Waals surface area contributed by atoms with Crippen molar-refractivity contribution in [2.24, 2.45) is 46.8 Å². The van der Waals surface area contributed by atoms with Gasteiger partial charge in [0.15, 0.2) is 11.6 Å². The number of nitrogens with one attached hydrogen (secondary N) is 4. The first-order valence-corrected chi connectivity index (χ1v) is 21.8. The summed E-state index contributed by atoms with van der Waals surface area (Å²) in [5.41, 5.74) is 17.0. The number of rotatable bonds is 29. The van der Waals surface area contributed by atoms with Crippen LogP contribution in [-0.2, 0) is 54.4 Å². The number of hydrogen-bond acceptors (Lipinski definition) is 13. The van der Waals surface area contributed by atoms with Gasteiger partial charge in [-0.15, -0.1) is 0 Å². The quantitative estimate of drug-likeness (QED) is 0.0468. The fourth-order valence-electron chi connectivity index (χ4n) is 7.71. The second-order valence-electron chi connectivity index (χ2n) is 17.2. The number of aromatic hydroxyl groups is 1. The van der Waals surface area contributed by atoms with Crippen molar-refractivity contribution < 1.29 is 58.2 Å². The van der Waals surface area contributed by atoms with Crippen LogP contribution in [-0.4, -0.2) is 124 Å². The van der Waals surface area contributed by atoms with Gasteiger partial charge in [-0.05, 0) is 69.2 Å². The Balaban J connectivity index is 2.33. The summed E-state index contributed by atoms with van der Waals surface area (Å²) < 4.78 is 0. The molecule has 1 fully saturated rings. The molecule has 12 N–H and O–H groups in total. The van der Waals surface area contributed by atoms with Crippen LogP contribution in [0.2, 0.25) is 0 Å².